The van der Waals surface area contributed by atoms with E-state index >= 15 is 0 Å². The highest BCUT2D eigenvalue weighted by Crippen LogP contribution is 2.44. The Balaban J connectivity index is 1.70. The molecule has 2 atom stereocenters. The molecule has 2 aliphatic rings. The second-order valence-electron chi connectivity index (χ2n) is 5.97. The average Bonchev–Trinajstić information content (AvgIpc) is 3.14. The van der Waals surface area contributed by atoms with Gasteiger partial charge in [-0.3, -0.25) is 0 Å². The lowest BCUT2D eigenvalue weighted by Gasteiger charge is -2.29. The lowest BCUT2D eigenvalue weighted by molar-refractivity contribution is 0.135. The van der Waals surface area contributed by atoms with Gasteiger partial charge >= 0.3 is 0 Å². The van der Waals surface area contributed by atoms with Crippen molar-refractivity contribution in [2.45, 2.75) is 37.8 Å². The highest BCUT2D eigenvalue weighted by molar-refractivity contribution is 5.37. The summed E-state index contributed by atoms with van der Waals surface area (Å²) in [5.41, 5.74) is 5.29. The molecule has 0 spiro atoms. The van der Waals surface area contributed by atoms with E-state index in [0.717, 1.165) is 25.7 Å². The highest BCUT2D eigenvalue weighted by atomic mass is 16.3. The summed E-state index contributed by atoms with van der Waals surface area (Å²) in [6, 6.07) is 17.2. The normalized spacial score (nSPS) is 22.7. The number of nitrogens with zero attached hydrogens (tertiary/aromatic N) is 2. The van der Waals surface area contributed by atoms with Crippen LogP contribution in [0.5, 0.6) is 0 Å². The molecule has 4 rings (SSSR count). The van der Waals surface area contributed by atoms with Crippen molar-refractivity contribution < 1.29 is 0 Å². The minimum atomic E-state index is 0.134. The molecule has 21 heavy (non-hydrogen) atoms. The van der Waals surface area contributed by atoms with Crippen molar-refractivity contribution in [3.63, 3.8) is 0 Å². The number of aryl methyl sites for hydroxylation is 2. The Morgan fingerprint density at radius 3 is 1.76 bits per heavy atom. The van der Waals surface area contributed by atoms with Crippen molar-refractivity contribution in [2.24, 2.45) is 5.29 Å². The maximum absolute atomic E-state index is 11.6. The average molecular weight is 278 g/mol. The number of rotatable bonds is 3. The van der Waals surface area contributed by atoms with Crippen molar-refractivity contribution >= 4 is 0 Å². The summed E-state index contributed by atoms with van der Waals surface area (Å²) >= 11 is 0. The standard InChI is InChI=1S/C18H18N2O/c21-19-20(17-11-9-13-5-1-3-7-15(13)17)18-12-10-14-6-2-4-8-16(14)18/h1-8,17-18H,9-12H2. The van der Waals surface area contributed by atoms with Crippen LogP contribution in [-0.2, 0) is 12.8 Å². The van der Waals surface area contributed by atoms with Gasteiger partial charge in [0.25, 0.3) is 0 Å². The minimum absolute atomic E-state index is 0.134. The first-order valence-electron chi connectivity index (χ1n) is 7.65. The summed E-state index contributed by atoms with van der Waals surface area (Å²) in [7, 11) is 0. The number of hydrogen-bond acceptors (Lipinski definition) is 2. The van der Waals surface area contributed by atoms with Gasteiger partial charge in [-0.05, 0) is 47.9 Å². The van der Waals surface area contributed by atoms with Gasteiger partial charge in [-0.25, -0.2) is 5.01 Å². The monoisotopic (exact) mass is 278 g/mol. The molecule has 0 N–H and O–H groups in total. The molecule has 2 aromatic carbocycles. The van der Waals surface area contributed by atoms with Crippen molar-refractivity contribution in [3.8, 4) is 0 Å². The number of nitroso groups, excluding NO2 is 1. The predicted octanol–water partition coefficient (Wildman–Crippen LogP) is 4.34. The van der Waals surface area contributed by atoms with Crippen LogP contribution in [0.4, 0.5) is 0 Å². The quantitative estimate of drug-likeness (QED) is 0.618. The SMILES string of the molecule is O=NN(C1CCc2ccccc21)C1CCc2ccccc21. The molecule has 0 heterocycles. The zero-order chi connectivity index (χ0) is 14.2. The maximum Gasteiger partial charge on any atom is 0.0765 e. The summed E-state index contributed by atoms with van der Waals surface area (Å²) in [5, 5.41) is 5.25. The molecule has 2 unspecified atom stereocenters. The van der Waals surface area contributed by atoms with E-state index in [9.17, 15) is 4.91 Å². The molecular formula is C18H18N2O. The first-order valence-corrected chi connectivity index (χ1v) is 7.65. The molecule has 106 valence electrons. The molecule has 0 amide bonds. The third-order valence-electron chi connectivity index (χ3n) is 4.94. The van der Waals surface area contributed by atoms with Crippen molar-refractivity contribution in [1.29, 1.82) is 0 Å². The summed E-state index contributed by atoms with van der Waals surface area (Å²) in [6.07, 6.45) is 4.07. The van der Waals surface area contributed by atoms with Crippen molar-refractivity contribution in [2.75, 3.05) is 0 Å². The van der Waals surface area contributed by atoms with Crippen LogP contribution in [0.3, 0.4) is 0 Å². The van der Waals surface area contributed by atoms with E-state index in [2.05, 4.69) is 53.8 Å². The van der Waals surface area contributed by atoms with Gasteiger partial charge in [0.2, 0.25) is 0 Å². The number of hydrogen-bond donors (Lipinski definition) is 0. The molecule has 0 fully saturated rings. The van der Waals surface area contributed by atoms with Crippen LogP contribution in [0.25, 0.3) is 0 Å². The highest BCUT2D eigenvalue weighted by Gasteiger charge is 2.36. The van der Waals surface area contributed by atoms with Crippen molar-refractivity contribution in [3.05, 3.63) is 75.7 Å². The molecule has 3 heteroatoms. The van der Waals surface area contributed by atoms with Crippen LogP contribution < -0.4 is 0 Å². The Labute approximate surface area is 124 Å². The zero-order valence-corrected chi connectivity index (χ0v) is 11.9. The molecule has 0 saturated carbocycles. The Hall–Kier alpha value is -2.16. The molecule has 2 aromatic rings. The maximum atomic E-state index is 11.6. The zero-order valence-electron chi connectivity index (χ0n) is 11.9. The Kier molecular flexibility index (Phi) is 2.99. The second kappa shape index (κ2) is 4.99. The topological polar surface area (TPSA) is 32.7 Å². The van der Waals surface area contributed by atoms with Gasteiger partial charge in [-0.15, -0.1) is 4.91 Å². The van der Waals surface area contributed by atoms with Gasteiger partial charge in [-0.2, -0.15) is 0 Å². The largest absolute Gasteiger partial charge is 0.246 e. The molecule has 0 bridgehead atoms. The molecule has 0 radical (unpaired) electrons. The molecule has 0 aliphatic heterocycles. The van der Waals surface area contributed by atoms with Crippen LogP contribution in [0.1, 0.15) is 47.2 Å². The van der Waals surface area contributed by atoms with Gasteiger partial charge in [0.1, 0.15) is 0 Å². The first kappa shape index (κ1) is 12.6. The third kappa shape index (κ3) is 1.96. The Morgan fingerprint density at radius 2 is 1.29 bits per heavy atom. The third-order valence-corrected chi connectivity index (χ3v) is 4.94. The van der Waals surface area contributed by atoms with Crippen LogP contribution in [-0.4, -0.2) is 5.01 Å². The lowest BCUT2D eigenvalue weighted by atomic mass is 10.0. The van der Waals surface area contributed by atoms with Gasteiger partial charge in [0.05, 0.1) is 17.4 Å². The number of fused-ring (bicyclic) bond motifs is 2. The smallest absolute Gasteiger partial charge is 0.0765 e. The van der Waals surface area contributed by atoms with Gasteiger partial charge in [-0.1, -0.05) is 48.5 Å². The van der Waals surface area contributed by atoms with E-state index in [1.54, 1.807) is 0 Å². The van der Waals surface area contributed by atoms with E-state index in [4.69, 9.17) is 0 Å². The Bertz CT molecular complexity index is 627. The fraction of sp³-hybridized carbons (Fsp3) is 0.333. The fourth-order valence-electron chi connectivity index (χ4n) is 3.95. The van der Waals surface area contributed by atoms with Crippen LogP contribution >= 0.6 is 0 Å². The van der Waals surface area contributed by atoms with E-state index in [-0.39, 0.29) is 12.1 Å². The summed E-state index contributed by atoms with van der Waals surface area (Å²) in [6.45, 7) is 0. The molecule has 3 nitrogen and oxygen atoms in total. The van der Waals surface area contributed by atoms with Gasteiger partial charge < -0.3 is 0 Å². The van der Waals surface area contributed by atoms with Gasteiger partial charge in [0.15, 0.2) is 0 Å². The van der Waals surface area contributed by atoms with E-state index in [0.29, 0.717) is 0 Å². The molecule has 0 aromatic heterocycles. The predicted molar refractivity (Wildman–Crippen MR) is 82.6 cm³/mol. The van der Waals surface area contributed by atoms with E-state index < -0.39 is 0 Å². The Morgan fingerprint density at radius 1 is 0.810 bits per heavy atom. The number of benzene rings is 2. The second-order valence-corrected chi connectivity index (χ2v) is 5.97. The summed E-state index contributed by atoms with van der Waals surface area (Å²) < 4.78 is 0. The minimum Gasteiger partial charge on any atom is -0.246 e. The molecule has 2 aliphatic carbocycles. The lowest BCUT2D eigenvalue weighted by Crippen LogP contribution is -2.25. The van der Waals surface area contributed by atoms with E-state index in [1.165, 1.54) is 22.3 Å². The van der Waals surface area contributed by atoms with Gasteiger partial charge in [0, 0.05) is 0 Å². The summed E-state index contributed by atoms with van der Waals surface area (Å²) in [5.74, 6) is 0. The van der Waals surface area contributed by atoms with Crippen molar-refractivity contribution in [1.82, 2.24) is 5.01 Å². The fourth-order valence-corrected chi connectivity index (χ4v) is 3.95. The molecular weight excluding hydrogens is 260 g/mol. The van der Waals surface area contributed by atoms with Crippen LogP contribution in [0.2, 0.25) is 0 Å². The first-order chi connectivity index (χ1) is 10.4. The van der Waals surface area contributed by atoms with Crippen LogP contribution in [0, 0.1) is 4.91 Å². The van der Waals surface area contributed by atoms with E-state index in [1.807, 2.05) is 5.01 Å². The summed E-state index contributed by atoms with van der Waals surface area (Å²) in [4.78, 5) is 11.6. The van der Waals surface area contributed by atoms with Crippen LogP contribution in [0.15, 0.2) is 53.8 Å². The molecule has 0 saturated heterocycles.